The molecule has 0 unspecified atom stereocenters. The summed E-state index contributed by atoms with van der Waals surface area (Å²) in [6.07, 6.45) is 0.785. The second-order valence-corrected chi connectivity index (χ2v) is 5.24. The Balaban J connectivity index is 2.93. The van der Waals surface area contributed by atoms with E-state index in [2.05, 4.69) is 5.32 Å². The number of hydrogen-bond acceptors (Lipinski definition) is 3. The van der Waals surface area contributed by atoms with Crippen LogP contribution in [0.25, 0.3) is 0 Å². The summed E-state index contributed by atoms with van der Waals surface area (Å²) in [5.74, 6) is -0.623. The van der Waals surface area contributed by atoms with Gasteiger partial charge in [0.1, 0.15) is 6.04 Å². The Hall–Kier alpha value is -1.84. The Morgan fingerprint density at radius 1 is 1.20 bits per heavy atom. The van der Waals surface area contributed by atoms with Crippen molar-refractivity contribution >= 4 is 11.9 Å². The van der Waals surface area contributed by atoms with E-state index in [0.717, 1.165) is 17.5 Å². The van der Waals surface area contributed by atoms with Crippen molar-refractivity contribution in [3.8, 4) is 0 Å². The Morgan fingerprint density at radius 3 is 2.20 bits per heavy atom. The van der Waals surface area contributed by atoms with E-state index < -0.39 is 12.0 Å². The van der Waals surface area contributed by atoms with E-state index in [0.29, 0.717) is 5.56 Å². The summed E-state index contributed by atoms with van der Waals surface area (Å²) in [6.45, 7) is 7.78. The number of benzene rings is 1. The lowest BCUT2D eigenvalue weighted by molar-refractivity contribution is -0.144. The number of carbonyl (C=O) groups excluding carboxylic acids is 2. The maximum atomic E-state index is 12.3. The van der Waals surface area contributed by atoms with Gasteiger partial charge in [0.2, 0.25) is 0 Å². The number of amides is 1. The molecule has 1 rings (SSSR count). The first kappa shape index (κ1) is 16.2. The van der Waals surface area contributed by atoms with Gasteiger partial charge in [0.25, 0.3) is 5.91 Å². The van der Waals surface area contributed by atoms with Crippen molar-refractivity contribution in [2.24, 2.45) is 5.92 Å². The quantitative estimate of drug-likeness (QED) is 0.842. The number of nitrogens with one attached hydrogen (secondary N) is 1. The molecule has 0 fully saturated rings. The summed E-state index contributed by atoms with van der Waals surface area (Å²) in [4.78, 5) is 24.1. The van der Waals surface area contributed by atoms with Crippen LogP contribution in [0.5, 0.6) is 0 Å². The van der Waals surface area contributed by atoms with Gasteiger partial charge in [-0.25, -0.2) is 4.79 Å². The van der Waals surface area contributed by atoms with Crippen molar-refractivity contribution in [2.75, 3.05) is 7.11 Å². The van der Waals surface area contributed by atoms with Crippen LogP contribution >= 0.6 is 0 Å². The fourth-order valence-corrected chi connectivity index (χ4v) is 2.13. The van der Waals surface area contributed by atoms with Crippen molar-refractivity contribution in [3.05, 3.63) is 34.9 Å². The van der Waals surface area contributed by atoms with Crippen molar-refractivity contribution in [1.82, 2.24) is 5.32 Å². The first-order valence-corrected chi connectivity index (χ1v) is 6.86. The van der Waals surface area contributed by atoms with Crippen LogP contribution in [0.2, 0.25) is 0 Å². The Bertz CT molecular complexity index is 476. The van der Waals surface area contributed by atoms with Crippen molar-refractivity contribution in [1.29, 1.82) is 0 Å². The molecule has 20 heavy (non-hydrogen) atoms. The molecule has 1 amide bonds. The van der Waals surface area contributed by atoms with E-state index in [4.69, 9.17) is 4.74 Å². The van der Waals surface area contributed by atoms with Gasteiger partial charge >= 0.3 is 5.97 Å². The number of carbonyl (C=O) groups is 2. The summed E-state index contributed by atoms with van der Waals surface area (Å²) in [7, 11) is 1.33. The third kappa shape index (κ3) is 4.08. The van der Waals surface area contributed by atoms with Gasteiger partial charge in [-0.1, -0.05) is 37.5 Å². The molecule has 4 heteroatoms. The molecule has 0 aliphatic carbocycles. The zero-order valence-corrected chi connectivity index (χ0v) is 12.8. The molecular weight excluding hydrogens is 254 g/mol. The van der Waals surface area contributed by atoms with Gasteiger partial charge in [-0.2, -0.15) is 0 Å². The SMILES string of the molecule is CC[C@H](C)[C@@H](NC(=O)c1cc(C)cc(C)c1)C(=O)OC. The van der Waals surface area contributed by atoms with E-state index in [1.807, 2.05) is 45.9 Å². The first-order chi connectivity index (χ1) is 9.38. The third-order valence-corrected chi connectivity index (χ3v) is 3.44. The Labute approximate surface area is 120 Å². The molecule has 4 nitrogen and oxygen atoms in total. The Morgan fingerprint density at radius 2 is 1.75 bits per heavy atom. The van der Waals surface area contributed by atoms with Gasteiger partial charge in [-0.15, -0.1) is 0 Å². The van der Waals surface area contributed by atoms with Crippen LogP contribution in [0.4, 0.5) is 0 Å². The smallest absolute Gasteiger partial charge is 0.328 e. The fraction of sp³-hybridized carbons (Fsp3) is 0.500. The van der Waals surface area contributed by atoms with Crippen LogP contribution in [-0.2, 0) is 9.53 Å². The average molecular weight is 277 g/mol. The standard InChI is InChI=1S/C16H23NO3/c1-6-12(4)14(16(19)20-5)17-15(18)13-8-10(2)7-11(3)9-13/h7-9,12,14H,6H2,1-5H3,(H,17,18)/t12-,14+/m0/s1. The van der Waals surface area contributed by atoms with E-state index in [1.165, 1.54) is 7.11 Å². The molecule has 0 radical (unpaired) electrons. The monoisotopic (exact) mass is 277 g/mol. The molecule has 0 aliphatic rings. The summed E-state index contributed by atoms with van der Waals surface area (Å²) < 4.78 is 4.77. The number of hydrogen-bond donors (Lipinski definition) is 1. The highest BCUT2D eigenvalue weighted by molar-refractivity contribution is 5.97. The number of aryl methyl sites for hydroxylation is 2. The lowest BCUT2D eigenvalue weighted by Gasteiger charge is -2.22. The normalized spacial score (nSPS) is 13.4. The largest absolute Gasteiger partial charge is 0.467 e. The van der Waals surface area contributed by atoms with E-state index in [9.17, 15) is 9.59 Å². The van der Waals surface area contributed by atoms with E-state index in [1.54, 1.807) is 0 Å². The summed E-state index contributed by atoms with van der Waals surface area (Å²) in [6, 6.07) is 5.02. The highest BCUT2D eigenvalue weighted by atomic mass is 16.5. The average Bonchev–Trinajstić information content (AvgIpc) is 2.41. The minimum absolute atomic E-state index is 0.0253. The molecule has 1 aromatic carbocycles. The first-order valence-electron chi connectivity index (χ1n) is 6.86. The second-order valence-electron chi connectivity index (χ2n) is 5.24. The molecule has 0 aliphatic heterocycles. The number of methoxy groups -OCH3 is 1. The van der Waals surface area contributed by atoms with Crippen LogP contribution in [0.15, 0.2) is 18.2 Å². The van der Waals surface area contributed by atoms with Gasteiger partial charge in [0.15, 0.2) is 0 Å². The lowest BCUT2D eigenvalue weighted by Crippen LogP contribution is -2.45. The molecule has 0 bridgehead atoms. The van der Waals surface area contributed by atoms with Crippen LogP contribution in [-0.4, -0.2) is 25.0 Å². The summed E-state index contributed by atoms with van der Waals surface area (Å²) in [5.41, 5.74) is 2.61. The number of rotatable bonds is 5. The molecule has 0 aromatic heterocycles. The van der Waals surface area contributed by atoms with Crippen LogP contribution in [0, 0.1) is 19.8 Å². The predicted molar refractivity (Wildman–Crippen MR) is 78.6 cm³/mol. The third-order valence-electron chi connectivity index (χ3n) is 3.44. The predicted octanol–water partition coefficient (Wildman–Crippen LogP) is 2.62. The zero-order chi connectivity index (χ0) is 15.3. The topological polar surface area (TPSA) is 55.4 Å². The molecule has 0 saturated carbocycles. The fourth-order valence-electron chi connectivity index (χ4n) is 2.13. The van der Waals surface area contributed by atoms with Gasteiger partial charge in [0.05, 0.1) is 7.11 Å². The van der Waals surface area contributed by atoms with Crippen LogP contribution in [0.1, 0.15) is 41.8 Å². The molecule has 1 N–H and O–H groups in total. The molecule has 0 saturated heterocycles. The second kappa shape index (κ2) is 7.08. The summed E-state index contributed by atoms with van der Waals surface area (Å²) >= 11 is 0. The Kier molecular flexibility index (Phi) is 5.74. The number of ether oxygens (including phenoxy) is 1. The van der Waals surface area contributed by atoms with Gasteiger partial charge < -0.3 is 10.1 Å². The molecule has 2 atom stereocenters. The highest BCUT2D eigenvalue weighted by Gasteiger charge is 2.27. The van der Waals surface area contributed by atoms with E-state index in [-0.39, 0.29) is 11.8 Å². The van der Waals surface area contributed by atoms with Crippen molar-refractivity contribution in [2.45, 2.75) is 40.2 Å². The highest BCUT2D eigenvalue weighted by Crippen LogP contribution is 2.12. The molecule has 0 heterocycles. The van der Waals surface area contributed by atoms with Crippen LogP contribution < -0.4 is 5.32 Å². The number of esters is 1. The maximum absolute atomic E-state index is 12.3. The summed E-state index contributed by atoms with van der Waals surface area (Å²) in [5, 5.41) is 2.78. The van der Waals surface area contributed by atoms with Crippen LogP contribution in [0.3, 0.4) is 0 Å². The molecule has 110 valence electrons. The molecule has 1 aromatic rings. The lowest BCUT2D eigenvalue weighted by atomic mass is 9.98. The van der Waals surface area contributed by atoms with Gasteiger partial charge in [-0.05, 0) is 31.9 Å². The minimum Gasteiger partial charge on any atom is -0.467 e. The van der Waals surface area contributed by atoms with Crippen molar-refractivity contribution < 1.29 is 14.3 Å². The van der Waals surface area contributed by atoms with Gasteiger partial charge in [-0.3, -0.25) is 4.79 Å². The molecule has 0 spiro atoms. The van der Waals surface area contributed by atoms with Gasteiger partial charge in [0, 0.05) is 5.56 Å². The minimum atomic E-state index is -0.613. The van der Waals surface area contributed by atoms with Crippen molar-refractivity contribution in [3.63, 3.8) is 0 Å². The van der Waals surface area contributed by atoms with E-state index >= 15 is 0 Å². The maximum Gasteiger partial charge on any atom is 0.328 e. The zero-order valence-electron chi connectivity index (χ0n) is 12.8. The molecular formula is C16H23NO3.